The van der Waals surface area contributed by atoms with E-state index in [1.807, 2.05) is 0 Å². The molecule has 0 N–H and O–H groups in total. The molecular weight excluding hydrogens is 468 g/mol. The first-order chi connectivity index (χ1) is 18.1. The number of benzene rings is 4. The van der Waals surface area contributed by atoms with Gasteiger partial charge in [-0.2, -0.15) is 0 Å². The van der Waals surface area contributed by atoms with Crippen molar-refractivity contribution in [3.63, 3.8) is 0 Å². The van der Waals surface area contributed by atoms with Gasteiger partial charge < -0.3 is 0 Å². The normalized spacial score (nSPS) is 10.0. The molecule has 0 heterocycles. The Morgan fingerprint density at radius 1 is 0.359 bits per heavy atom. The lowest BCUT2D eigenvalue weighted by atomic mass is 9.90. The minimum absolute atomic E-state index is 0.654. The van der Waals surface area contributed by atoms with E-state index in [9.17, 15) is 0 Å². The molecule has 0 bridgehead atoms. The molecule has 0 saturated carbocycles. The first kappa shape index (κ1) is 33.9. The first-order valence-electron chi connectivity index (χ1n) is 14.3. The zero-order valence-electron chi connectivity index (χ0n) is 27.4. The summed E-state index contributed by atoms with van der Waals surface area (Å²) in [4.78, 5) is 0. The molecule has 0 unspecified atom stereocenters. The Hall–Kier alpha value is -3.12. The smallest absolute Gasteiger partial charge is 0.0216 e. The van der Waals surface area contributed by atoms with E-state index in [4.69, 9.17) is 0 Å². The molecule has 0 fully saturated rings. The summed E-state index contributed by atoms with van der Waals surface area (Å²) in [7, 11) is 0. The summed E-state index contributed by atoms with van der Waals surface area (Å²) < 4.78 is 0. The highest BCUT2D eigenvalue weighted by Crippen LogP contribution is 2.24. The van der Waals surface area contributed by atoms with Crippen LogP contribution in [-0.2, 0) is 0 Å². The van der Waals surface area contributed by atoms with Gasteiger partial charge in [0.05, 0.1) is 0 Å². The standard InChI is InChI=1S/C12H18.C10H14.C9H12.C8H10/c1-7-8(2)10(4)12(6)11(5)9(7)3;1-8(2)10-7-5-4-6-9(10)3;1-7-4-8(2)6-9(3)5-7;1-7-3-5-8(2)6-4-7/h1-6H3;4-8H,1-3H3;4-6H,1-3H3;3-6H,1-2H3. The van der Waals surface area contributed by atoms with Gasteiger partial charge in [-0.05, 0) is 134 Å². The number of aryl methyl sites for hydroxylation is 6. The zero-order chi connectivity index (χ0) is 29.9. The molecule has 4 rings (SSSR count). The molecular formula is C39H54. The SMILES string of the molecule is Cc1c(C)c(C)c(C)c(C)c1C.Cc1cc(C)cc(C)c1.Cc1ccc(C)cc1.Cc1ccccc1C(C)C. The second kappa shape index (κ2) is 16.1. The van der Waals surface area contributed by atoms with Crippen LogP contribution in [0.4, 0.5) is 0 Å². The summed E-state index contributed by atoms with van der Waals surface area (Å²) >= 11 is 0. The second-order valence-electron chi connectivity index (χ2n) is 11.6. The Labute approximate surface area is 241 Å². The molecule has 0 nitrogen and oxygen atoms in total. The maximum Gasteiger partial charge on any atom is -0.0216 e. The summed E-state index contributed by atoms with van der Waals surface area (Å²) in [6.45, 7) is 30.5. The van der Waals surface area contributed by atoms with E-state index in [-0.39, 0.29) is 0 Å². The van der Waals surface area contributed by atoms with Crippen LogP contribution >= 0.6 is 0 Å². The second-order valence-corrected chi connectivity index (χ2v) is 11.6. The lowest BCUT2D eigenvalue weighted by Gasteiger charge is -2.15. The van der Waals surface area contributed by atoms with Gasteiger partial charge in [0.2, 0.25) is 0 Å². The van der Waals surface area contributed by atoms with Crippen molar-refractivity contribution in [1.29, 1.82) is 0 Å². The van der Waals surface area contributed by atoms with Gasteiger partial charge >= 0.3 is 0 Å². The van der Waals surface area contributed by atoms with E-state index in [0.29, 0.717) is 5.92 Å². The van der Waals surface area contributed by atoms with Gasteiger partial charge in [0, 0.05) is 0 Å². The number of rotatable bonds is 1. The van der Waals surface area contributed by atoms with Crippen molar-refractivity contribution in [1.82, 2.24) is 0 Å². The molecule has 0 radical (unpaired) electrons. The van der Waals surface area contributed by atoms with Crippen LogP contribution in [-0.4, -0.2) is 0 Å². The highest BCUT2D eigenvalue weighted by atomic mass is 14.1. The fraction of sp³-hybridized carbons (Fsp3) is 0.385. The molecule has 0 aliphatic heterocycles. The van der Waals surface area contributed by atoms with E-state index in [1.54, 1.807) is 0 Å². The minimum Gasteiger partial charge on any atom is -0.0620 e. The molecule has 0 heteroatoms. The zero-order valence-corrected chi connectivity index (χ0v) is 27.4. The van der Waals surface area contributed by atoms with Crippen LogP contribution in [0.25, 0.3) is 0 Å². The summed E-state index contributed by atoms with van der Waals surface area (Å²) in [6.07, 6.45) is 0. The number of hydrogen-bond acceptors (Lipinski definition) is 0. The van der Waals surface area contributed by atoms with Crippen molar-refractivity contribution in [2.45, 2.75) is 103 Å². The Morgan fingerprint density at radius 3 is 0.872 bits per heavy atom. The molecule has 210 valence electrons. The minimum atomic E-state index is 0.654. The predicted molar refractivity (Wildman–Crippen MR) is 177 cm³/mol. The highest BCUT2D eigenvalue weighted by molar-refractivity contribution is 5.48. The lowest BCUT2D eigenvalue weighted by molar-refractivity contribution is 0.856. The van der Waals surface area contributed by atoms with Crippen LogP contribution < -0.4 is 0 Å². The Bertz CT molecular complexity index is 1140. The molecule has 0 spiro atoms. The monoisotopic (exact) mass is 522 g/mol. The maximum absolute atomic E-state index is 2.22. The third-order valence-corrected chi connectivity index (χ3v) is 7.77. The van der Waals surface area contributed by atoms with Crippen molar-refractivity contribution in [3.8, 4) is 0 Å². The van der Waals surface area contributed by atoms with E-state index in [2.05, 4.69) is 164 Å². The van der Waals surface area contributed by atoms with Gasteiger partial charge in [0.25, 0.3) is 0 Å². The number of hydrogen-bond donors (Lipinski definition) is 0. The van der Waals surface area contributed by atoms with Crippen LogP contribution in [0.3, 0.4) is 0 Å². The maximum atomic E-state index is 2.22. The average Bonchev–Trinajstić information content (AvgIpc) is 2.87. The summed E-state index contributed by atoms with van der Waals surface area (Å²) in [5.41, 5.74) is 18.3. The molecule has 0 amide bonds. The average molecular weight is 523 g/mol. The molecule has 4 aromatic rings. The van der Waals surface area contributed by atoms with Gasteiger partial charge in [-0.25, -0.2) is 0 Å². The molecule has 0 atom stereocenters. The van der Waals surface area contributed by atoms with Gasteiger partial charge in [0.1, 0.15) is 0 Å². The van der Waals surface area contributed by atoms with Gasteiger partial charge in [0.15, 0.2) is 0 Å². The lowest BCUT2D eigenvalue weighted by Crippen LogP contribution is -1.98. The van der Waals surface area contributed by atoms with Crippen molar-refractivity contribution in [3.05, 3.63) is 139 Å². The summed E-state index contributed by atoms with van der Waals surface area (Å²) in [5.74, 6) is 0.654. The van der Waals surface area contributed by atoms with E-state index in [0.717, 1.165) is 0 Å². The van der Waals surface area contributed by atoms with E-state index in [1.165, 1.54) is 72.3 Å². The van der Waals surface area contributed by atoms with Crippen LogP contribution in [0, 0.1) is 83.1 Å². The van der Waals surface area contributed by atoms with Crippen LogP contribution in [0.2, 0.25) is 0 Å². The predicted octanol–water partition coefficient (Wildman–Crippen LogP) is 11.6. The third-order valence-electron chi connectivity index (χ3n) is 7.77. The molecule has 0 aliphatic carbocycles. The van der Waals surface area contributed by atoms with Gasteiger partial charge in [-0.1, -0.05) is 108 Å². The molecule has 0 aromatic heterocycles. The van der Waals surface area contributed by atoms with Crippen LogP contribution in [0.15, 0.2) is 66.7 Å². The Morgan fingerprint density at radius 2 is 0.641 bits per heavy atom. The van der Waals surface area contributed by atoms with Crippen LogP contribution in [0.5, 0.6) is 0 Å². The van der Waals surface area contributed by atoms with Crippen molar-refractivity contribution >= 4 is 0 Å². The molecule has 39 heavy (non-hydrogen) atoms. The Kier molecular flexibility index (Phi) is 14.0. The van der Waals surface area contributed by atoms with Gasteiger partial charge in [-0.15, -0.1) is 0 Å². The van der Waals surface area contributed by atoms with Crippen molar-refractivity contribution < 1.29 is 0 Å². The molecule has 4 aromatic carbocycles. The van der Waals surface area contributed by atoms with E-state index < -0.39 is 0 Å². The van der Waals surface area contributed by atoms with Gasteiger partial charge in [-0.3, -0.25) is 0 Å². The fourth-order valence-electron chi connectivity index (χ4n) is 4.76. The van der Waals surface area contributed by atoms with Crippen molar-refractivity contribution in [2.24, 2.45) is 0 Å². The van der Waals surface area contributed by atoms with E-state index >= 15 is 0 Å². The first-order valence-corrected chi connectivity index (χ1v) is 14.3. The summed E-state index contributed by atoms with van der Waals surface area (Å²) in [5, 5.41) is 0. The third kappa shape index (κ3) is 11.3. The van der Waals surface area contributed by atoms with Crippen LogP contribution in [0.1, 0.15) is 92.1 Å². The fourth-order valence-corrected chi connectivity index (χ4v) is 4.76. The largest absolute Gasteiger partial charge is 0.0620 e. The molecule has 0 aliphatic rings. The van der Waals surface area contributed by atoms with Crippen molar-refractivity contribution in [2.75, 3.05) is 0 Å². The topological polar surface area (TPSA) is 0 Å². The molecule has 0 saturated heterocycles. The Balaban J connectivity index is 0.000000263. The highest BCUT2D eigenvalue weighted by Gasteiger charge is 2.07. The quantitative estimate of drug-likeness (QED) is 0.233. The summed E-state index contributed by atoms with van der Waals surface area (Å²) in [6, 6.07) is 23.6.